The Kier molecular flexibility index (Phi) is 4.98. The molecule has 0 atom stereocenters. The molecule has 5 N–H and O–H groups in total. The molecular weight excluding hydrogens is 386 g/mol. The molecular formula is C18H22ClN5O4. The van der Waals surface area contributed by atoms with Crippen molar-refractivity contribution in [1.82, 2.24) is 4.98 Å². The first-order valence-electron chi connectivity index (χ1n) is 8.55. The van der Waals surface area contributed by atoms with Crippen molar-refractivity contribution >= 4 is 27.5 Å². The second kappa shape index (κ2) is 6.87. The minimum Gasteiger partial charge on any atom is -0.354 e. The van der Waals surface area contributed by atoms with E-state index in [9.17, 15) is 0 Å². The average Bonchev–Trinajstić information content (AvgIpc) is 2.96. The van der Waals surface area contributed by atoms with Crippen LogP contribution in [-0.4, -0.2) is 10.7 Å². The predicted octanol–water partition coefficient (Wildman–Crippen LogP) is -2.49. The Hall–Kier alpha value is -2.43. The number of aryl methyl sites for hydroxylation is 1. The molecule has 150 valence electrons. The highest BCUT2D eigenvalue weighted by Gasteiger charge is 2.39. The predicted molar refractivity (Wildman–Crippen MR) is 93.7 cm³/mol. The van der Waals surface area contributed by atoms with E-state index >= 15 is 0 Å². The van der Waals surface area contributed by atoms with Crippen molar-refractivity contribution < 1.29 is 33.6 Å². The van der Waals surface area contributed by atoms with Crippen LogP contribution in [0.2, 0.25) is 0 Å². The van der Waals surface area contributed by atoms with Gasteiger partial charge in [-0.25, -0.2) is 24.5 Å². The summed E-state index contributed by atoms with van der Waals surface area (Å²) in [6, 6.07) is 8.31. The summed E-state index contributed by atoms with van der Waals surface area (Å²) < 4.78 is 35.8. The van der Waals surface area contributed by atoms with Crippen LogP contribution in [0.4, 0.5) is 0 Å². The van der Waals surface area contributed by atoms with E-state index < -0.39 is 10.2 Å². The fraction of sp³-hybridized carbons (Fsp3) is 0.333. The van der Waals surface area contributed by atoms with Crippen LogP contribution in [0.5, 0.6) is 0 Å². The van der Waals surface area contributed by atoms with Crippen LogP contribution in [0.1, 0.15) is 37.2 Å². The molecule has 28 heavy (non-hydrogen) atoms. The maximum absolute atomic E-state index is 8.49. The lowest BCUT2D eigenvalue weighted by atomic mass is 9.74. The van der Waals surface area contributed by atoms with Gasteiger partial charge in [-0.15, -0.1) is 10.2 Å². The van der Waals surface area contributed by atoms with E-state index in [1.165, 1.54) is 5.39 Å². The highest BCUT2D eigenvalue weighted by Crippen LogP contribution is 2.38. The summed E-state index contributed by atoms with van der Waals surface area (Å²) in [7, 11) is -4.94. The average molecular weight is 408 g/mol. The molecule has 2 aromatic heterocycles. The number of fused-ring (bicyclic) bond motifs is 5. The van der Waals surface area contributed by atoms with E-state index in [-0.39, 0.29) is 5.41 Å². The molecule has 1 aliphatic carbocycles. The summed E-state index contributed by atoms with van der Waals surface area (Å²) in [5.74, 6) is 12.2. The van der Waals surface area contributed by atoms with Gasteiger partial charge in [-0.05, 0) is 17.9 Å². The van der Waals surface area contributed by atoms with E-state index in [1.807, 2.05) is 10.7 Å². The van der Waals surface area contributed by atoms with Gasteiger partial charge in [0.05, 0.1) is 22.2 Å². The van der Waals surface area contributed by atoms with Crippen LogP contribution in [0, 0.1) is 22.6 Å². The number of hydrogen-bond donors (Lipinski definition) is 3. The summed E-state index contributed by atoms with van der Waals surface area (Å²) in [5.41, 5.74) is 6.46. The molecule has 0 fully saturated rings. The molecule has 1 aliphatic rings. The zero-order chi connectivity index (χ0) is 20.9. The summed E-state index contributed by atoms with van der Waals surface area (Å²) in [5, 5.41) is 6.44. The number of nitrogen functional groups attached to an aromatic ring is 1. The number of halogens is 1. The van der Waals surface area contributed by atoms with Gasteiger partial charge in [-0.3, -0.25) is 0 Å². The Bertz CT molecular complexity index is 1080. The number of benzene rings is 1. The van der Waals surface area contributed by atoms with Crippen molar-refractivity contribution in [2.75, 3.05) is 5.84 Å². The third-order valence-corrected chi connectivity index (χ3v) is 5.00. The van der Waals surface area contributed by atoms with Gasteiger partial charge >= 0.3 is 0 Å². The van der Waals surface area contributed by atoms with Gasteiger partial charge in [-0.1, -0.05) is 36.7 Å². The van der Waals surface area contributed by atoms with Crippen molar-refractivity contribution in [2.24, 2.45) is 16.4 Å². The molecule has 2 heterocycles. The van der Waals surface area contributed by atoms with Crippen LogP contribution < -0.4 is 35.0 Å². The Balaban J connectivity index is 0.000000403. The molecule has 0 saturated heterocycles. The summed E-state index contributed by atoms with van der Waals surface area (Å²) in [4.78, 5) is 3.56. The van der Waals surface area contributed by atoms with E-state index in [0.717, 1.165) is 51.9 Å². The molecule has 0 radical (unpaired) electrons. The van der Waals surface area contributed by atoms with Crippen LogP contribution in [0.15, 0.2) is 29.4 Å². The third kappa shape index (κ3) is 3.75. The van der Waals surface area contributed by atoms with E-state index in [4.69, 9.17) is 30.3 Å². The summed E-state index contributed by atoms with van der Waals surface area (Å²) in [6.07, 6.45) is 1.76. The summed E-state index contributed by atoms with van der Waals surface area (Å²) in [6.45, 7) is 6.53. The largest absolute Gasteiger partial charge is 0.354 e. The third-order valence-electron chi connectivity index (χ3n) is 5.00. The molecule has 0 saturated carbocycles. The highest BCUT2D eigenvalue weighted by molar-refractivity contribution is 6.18. The number of nitrogens with one attached hydrogen (secondary N) is 1. The van der Waals surface area contributed by atoms with E-state index in [2.05, 4.69) is 49.1 Å². The molecule has 0 amide bonds. The van der Waals surface area contributed by atoms with Gasteiger partial charge in [0.25, 0.3) is 0 Å². The Morgan fingerprint density at radius 3 is 2.36 bits per heavy atom. The number of nitrogens with zero attached hydrogens (tertiary/aromatic N) is 2. The zero-order valence-corrected chi connectivity index (χ0v) is 16.5. The van der Waals surface area contributed by atoms with Crippen molar-refractivity contribution in [1.29, 1.82) is 0 Å². The standard InChI is InChI=1S/C18H21N5.ClHO4/c1-10-15-11-6-4-5-7-12(11)21-17(15)16-13(22-19)8-18(2,3)9-14(16)23(10)20;2-1(3,4)5/h4-7H,8-9,19-20H2,1-3H3;(H,2,3,4,5). The van der Waals surface area contributed by atoms with Crippen molar-refractivity contribution in [3.8, 4) is 0 Å². The van der Waals surface area contributed by atoms with Crippen molar-refractivity contribution in [3.05, 3.63) is 41.2 Å². The van der Waals surface area contributed by atoms with Gasteiger partial charge < -0.3 is 10.8 Å². The first-order chi connectivity index (χ1) is 12.9. The molecule has 3 aromatic rings. The lowest BCUT2D eigenvalue weighted by Gasteiger charge is -2.29. The number of pyridine rings is 1. The van der Waals surface area contributed by atoms with Gasteiger partial charge in [0.1, 0.15) is 0 Å². The monoisotopic (exact) mass is 407 g/mol. The molecule has 9 nitrogen and oxygen atoms in total. The van der Waals surface area contributed by atoms with Crippen molar-refractivity contribution in [3.63, 3.8) is 0 Å². The first kappa shape index (κ1) is 20.3. The van der Waals surface area contributed by atoms with Crippen LogP contribution in [-0.2, 0) is 6.42 Å². The zero-order valence-electron chi connectivity index (χ0n) is 15.8. The molecule has 0 unspecified atom stereocenters. The fourth-order valence-corrected chi connectivity index (χ4v) is 3.94. The minimum atomic E-state index is -4.94. The Labute approximate surface area is 163 Å². The Morgan fingerprint density at radius 1 is 1.14 bits per heavy atom. The van der Waals surface area contributed by atoms with Gasteiger partial charge in [-0.2, -0.15) is 5.10 Å². The molecule has 0 spiro atoms. The number of aromatic nitrogens is 2. The molecule has 10 heteroatoms. The number of rotatable bonds is 0. The maximum atomic E-state index is 8.49. The quantitative estimate of drug-likeness (QED) is 0.211. The summed E-state index contributed by atoms with van der Waals surface area (Å²) >= 11 is 0. The maximum Gasteiger partial charge on any atom is 0.223 e. The minimum absolute atomic E-state index is 0.0957. The number of H-pyrrole nitrogens is 1. The molecule has 1 aromatic carbocycles. The van der Waals surface area contributed by atoms with Crippen LogP contribution in [0.25, 0.3) is 21.8 Å². The van der Waals surface area contributed by atoms with Gasteiger partial charge in [0.15, 0.2) is 0 Å². The highest BCUT2D eigenvalue weighted by atomic mass is 35.7. The Morgan fingerprint density at radius 2 is 1.75 bits per heavy atom. The normalized spacial score (nSPS) is 17.5. The van der Waals surface area contributed by atoms with Crippen LogP contribution in [0.3, 0.4) is 0 Å². The number of nitrogens with two attached hydrogens (primary N) is 2. The first-order valence-corrected chi connectivity index (χ1v) is 9.78. The van der Waals surface area contributed by atoms with E-state index in [0.29, 0.717) is 0 Å². The van der Waals surface area contributed by atoms with Crippen molar-refractivity contribution in [2.45, 2.75) is 33.6 Å². The number of para-hydroxylation sites is 1. The molecule has 0 aliphatic heterocycles. The topological polar surface area (TPSA) is 176 Å². The van der Waals surface area contributed by atoms with Gasteiger partial charge in [0.2, 0.25) is 11.4 Å². The SMILES string of the molecule is Cc1c2c([nH]c3ccccc32)c2c([n+]1N)CC(C)(C)CC2=NN.[O-][Cl+3]([O-])([O-])[O-]. The lowest BCUT2D eigenvalue weighted by molar-refractivity contribution is -2.00. The van der Waals surface area contributed by atoms with Crippen LogP contribution >= 0.6 is 0 Å². The van der Waals surface area contributed by atoms with E-state index in [1.54, 1.807) is 0 Å². The smallest absolute Gasteiger partial charge is 0.223 e. The number of hydrazone groups is 1. The lowest BCUT2D eigenvalue weighted by Crippen LogP contribution is -2.68. The fourth-order valence-electron chi connectivity index (χ4n) is 3.94. The molecule has 0 bridgehead atoms. The second-order valence-electron chi connectivity index (χ2n) is 7.67. The molecule has 4 rings (SSSR count). The number of aromatic amines is 1. The second-order valence-corrected chi connectivity index (χ2v) is 8.43. The number of hydrogen-bond acceptors (Lipinski definition) is 7. The van der Waals surface area contributed by atoms with Gasteiger partial charge in [0, 0.05) is 24.2 Å².